The molecular weight excluding hydrogens is 422 g/mol. The van der Waals surface area contributed by atoms with Crippen LogP contribution in [0.15, 0.2) is 59.5 Å². The maximum atomic E-state index is 12.8. The standard InChI is InChI=1S/C25H33N3O3S/c1-26(23-8-4-2-5-9-23)25(29)22-14-12-21(13-15-22)20-27-16-18-28(19-17-27)32(30,31)24-10-6-3-7-11-24/h3,6-7,10-15,23H,2,4-5,8-9,16-20H2,1H3. The normalized spacial score (nSPS) is 19.0. The average Bonchev–Trinajstić information content (AvgIpc) is 2.85. The largest absolute Gasteiger partial charge is 0.339 e. The molecule has 2 aliphatic rings. The Hall–Kier alpha value is -2.22. The van der Waals surface area contributed by atoms with E-state index in [-0.39, 0.29) is 5.91 Å². The van der Waals surface area contributed by atoms with Gasteiger partial charge in [0.05, 0.1) is 4.90 Å². The lowest BCUT2D eigenvalue weighted by Gasteiger charge is -2.34. The number of nitrogens with zero attached hydrogens (tertiary/aromatic N) is 3. The van der Waals surface area contributed by atoms with Gasteiger partial charge in [-0.2, -0.15) is 4.31 Å². The van der Waals surface area contributed by atoms with Crippen molar-refractivity contribution in [3.8, 4) is 0 Å². The van der Waals surface area contributed by atoms with Gasteiger partial charge in [0, 0.05) is 51.4 Å². The molecule has 172 valence electrons. The maximum Gasteiger partial charge on any atom is 0.253 e. The molecule has 2 fully saturated rings. The van der Waals surface area contributed by atoms with Gasteiger partial charge in [-0.05, 0) is 42.7 Å². The molecular formula is C25H33N3O3S. The first-order valence-electron chi connectivity index (χ1n) is 11.6. The van der Waals surface area contributed by atoms with Gasteiger partial charge in [-0.15, -0.1) is 0 Å². The van der Waals surface area contributed by atoms with Crippen molar-refractivity contribution in [3.05, 3.63) is 65.7 Å². The molecule has 1 heterocycles. The first kappa shape index (κ1) is 23.0. The molecule has 1 saturated carbocycles. The molecule has 32 heavy (non-hydrogen) atoms. The molecule has 6 nitrogen and oxygen atoms in total. The summed E-state index contributed by atoms with van der Waals surface area (Å²) in [4.78, 5) is 17.4. The zero-order valence-corrected chi connectivity index (χ0v) is 19.6. The number of hydrogen-bond acceptors (Lipinski definition) is 4. The van der Waals surface area contributed by atoms with Gasteiger partial charge in [-0.3, -0.25) is 9.69 Å². The van der Waals surface area contributed by atoms with Crippen LogP contribution in [0.25, 0.3) is 0 Å². The quantitative estimate of drug-likeness (QED) is 0.668. The van der Waals surface area contributed by atoms with Crippen LogP contribution in [0, 0.1) is 0 Å². The lowest BCUT2D eigenvalue weighted by molar-refractivity contribution is 0.0696. The van der Waals surface area contributed by atoms with Crippen molar-refractivity contribution in [2.75, 3.05) is 33.2 Å². The summed E-state index contributed by atoms with van der Waals surface area (Å²) >= 11 is 0. The van der Waals surface area contributed by atoms with E-state index in [4.69, 9.17) is 0 Å². The van der Waals surface area contributed by atoms with Crippen molar-refractivity contribution in [3.63, 3.8) is 0 Å². The second-order valence-electron chi connectivity index (χ2n) is 8.90. The Morgan fingerprint density at radius 3 is 2.16 bits per heavy atom. The van der Waals surface area contributed by atoms with Gasteiger partial charge in [0.2, 0.25) is 10.0 Å². The average molecular weight is 456 g/mol. The number of rotatable bonds is 6. The molecule has 0 N–H and O–H groups in total. The Kier molecular flexibility index (Phi) is 7.28. The fourth-order valence-electron chi connectivity index (χ4n) is 4.72. The van der Waals surface area contributed by atoms with Crippen LogP contribution < -0.4 is 0 Å². The van der Waals surface area contributed by atoms with Crippen molar-refractivity contribution in [2.45, 2.75) is 49.6 Å². The fourth-order valence-corrected chi connectivity index (χ4v) is 6.16. The smallest absolute Gasteiger partial charge is 0.253 e. The van der Waals surface area contributed by atoms with Crippen molar-refractivity contribution in [2.24, 2.45) is 0 Å². The van der Waals surface area contributed by atoms with E-state index >= 15 is 0 Å². The Morgan fingerprint density at radius 2 is 1.53 bits per heavy atom. The summed E-state index contributed by atoms with van der Waals surface area (Å²) in [6.07, 6.45) is 5.90. The third-order valence-corrected chi connectivity index (χ3v) is 8.67. The van der Waals surface area contributed by atoms with Crippen molar-refractivity contribution >= 4 is 15.9 Å². The highest BCUT2D eigenvalue weighted by Crippen LogP contribution is 2.23. The number of hydrogen-bond donors (Lipinski definition) is 0. The summed E-state index contributed by atoms with van der Waals surface area (Å²) in [5, 5.41) is 0. The minimum atomic E-state index is -3.43. The summed E-state index contributed by atoms with van der Waals surface area (Å²) in [5.41, 5.74) is 1.88. The molecule has 0 aromatic heterocycles. The summed E-state index contributed by atoms with van der Waals surface area (Å²) in [6, 6.07) is 16.9. The summed E-state index contributed by atoms with van der Waals surface area (Å²) in [6.45, 7) is 3.11. The minimum Gasteiger partial charge on any atom is -0.339 e. The predicted octanol–water partition coefficient (Wildman–Crippen LogP) is 3.60. The van der Waals surface area contributed by atoms with Gasteiger partial charge in [0.1, 0.15) is 0 Å². The van der Waals surface area contributed by atoms with Gasteiger partial charge in [-0.25, -0.2) is 8.42 Å². The van der Waals surface area contributed by atoms with Crippen LogP contribution in [0.1, 0.15) is 48.0 Å². The number of carbonyl (C=O) groups excluding carboxylic acids is 1. The highest BCUT2D eigenvalue weighted by Gasteiger charge is 2.28. The molecule has 2 aromatic carbocycles. The first-order chi connectivity index (χ1) is 15.4. The molecule has 1 aliphatic heterocycles. The Labute approximate surface area is 191 Å². The molecule has 4 rings (SSSR count). The van der Waals surface area contributed by atoms with Crippen LogP contribution in [0.2, 0.25) is 0 Å². The van der Waals surface area contributed by atoms with E-state index in [1.54, 1.807) is 28.6 Å². The number of sulfonamides is 1. The fraction of sp³-hybridized carbons (Fsp3) is 0.480. The lowest BCUT2D eigenvalue weighted by Crippen LogP contribution is -2.48. The van der Waals surface area contributed by atoms with Crippen molar-refractivity contribution < 1.29 is 13.2 Å². The molecule has 0 radical (unpaired) electrons. The van der Waals surface area contributed by atoms with Crippen molar-refractivity contribution in [1.29, 1.82) is 0 Å². The number of benzene rings is 2. The molecule has 2 aromatic rings. The third-order valence-electron chi connectivity index (χ3n) is 6.76. The molecule has 0 atom stereocenters. The monoisotopic (exact) mass is 455 g/mol. The summed E-state index contributed by atoms with van der Waals surface area (Å²) in [5.74, 6) is 0.100. The molecule has 1 saturated heterocycles. The second-order valence-corrected chi connectivity index (χ2v) is 10.8. The van der Waals surface area contributed by atoms with E-state index in [0.29, 0.717) is 37.1 Å². The lowest BCUT2D eigenvalue weighted by atomic mass is 9.94. The SMILES string of the molecule is CN(C(=O)c1ccc(CN2CCN(S(=O)(=O)c3ccccc3)CC2)cc1)C1CCCCC1. The maximum absolute atomic E-state index is 12.8. The predicted molar refractivity (Wildman–Crippen MR) is 126 cm³/mol. The number of carbonyl (C=O) groups is 1. The Bertz CT molecular complexity index is 994. The molecule has 0 bridgehead atoms. The van der Waals surface area contributed by atoms with E-state index < -0.39 is 10.0 Å². The Morgan fingerprint density at radius 1 is 0.906 bits per heavy atom. The topological polar surface area (TPSA) is 60.9 Å². The van der Waals surface area contributed by atoms with Gasteiger partial charge >= 0.3 is 0 Å². The van der Waals surface area contributed by atoms with Crippen molar-refractivity contribution in [1.82, 2.24) is 14.1 Å². The third kappa shape index (κ3) is 5.22. The highest BCUT2D eigenvalue weighted by molar-refractivity contribution is 7.89. The summed E-state index contributed by atoms with van der Waals surface area (Å²) in [7, 11) is -1.50. The van der Waals surface area contributed by atoms with E-state index in [1.165, 1.54) is 19.3 Å². The zero-order valence-electron chi connectivity index (χ0n) is 18.8. The summed E-state index contributed by atoms with van der Waals surface area (Å²) < 4.78 is 27.2. The highest BCUT2D eigenvalue weighted by atomic mass is 32.2. The van der Waals surface area contributed by atoms with E-state index in [9.17, 15) is 13.2 Å². The molecule has 0 unspecified atom stereocenters. The van der Waals surface area contributed by atoms with Gasteiger partial charge < -0.3 is 4.90 Å². The molecule has 0 spiro atoms. The molecule has 1 amide bonds. The Balaban J connectivity index is 1.30. The van der Waals surface area contributed by atoms with Crippen LogP contribution >= 0.6 is 0 Å². The van der Waals surface area contributed by atoms with Crippen LogP contribution in [-0.4, -0.2) is 67.7 Å². The minimum absolute atomic E-state index is 0.100. The first-order valence-corrected chi connectivity index (χ1v) is 13.0. The van der Waals surface area contributed by atoms with Gasteiger partial charge in [0.25, 0.3) is 5.91 Å². The van der Waals surface area contributed by atoms with Gasteiger partial charge in [0.15, 0.2) is 0 Å². The molecule has 7 heteroatoms. The second kappa shape index (κ2) is 10.1. The zero-order chi connectivity index (χ0) is 22.6. The number of amides is 1. The van der Waals surface area contributed by atoms with E-state index in [0.717, 1.165) is 30.5 Å². The van der Waals surface area contributed by atoms with Crippen LogP contribution in [0.4, 0.5) is 0 Å². The van der Waals surface area contributed by atoms with E-state index in [1.807, 2.05) is 42.3 Å². The van der Waals surface area contributed by atoms with E-state index in [2.05, 4.69) is 4.90 Å². The number of piperazine rings is 1. The van der Waals surface area contributed by atoms with Crippen LogP contribution in [-0.2, 0) is 16.6 Å². The molecule has 1 aliphatic carbocycles. The van der Waals surface area contributed by atoms with Crippen LogP contribution in [0.3, 0.4) is 0 Å². The van der Waals surface area contributed by atoms with Gasteiger partial charge in [-0.1, -0.05) is 49.6 Å². The van der Waals surface area contributed by atoms with Crippen LogP contribution in [0.5, 0.6) is 0 Å².